The maximum atomic E-state index is 11.9. The summed E-state index contributed by atoms with van der Waals surface area (Å²) >= 11 is 1.42. The molecule has 0 radical (unpaired) electrons. The van der Waals surface area contributed by atoms with Gasteiger partial charge in [0.05, 0.1) is 11.8 Å². The van der Waals surface area contributed by atoms with Crippen molar-refractivity contribution in [1.82, 2.24) is 15.7 Å². The van der Waals surface area contributed by atoms with Crippen molar-refractivity contribution in [3.05, 3.63) is 46.8 Å². The van der Waals surface area contributed by atoms with Crippen LogP contribution >= 0.6 is 11.8 Å². The minimum absolute atomic E-state index is 0. The van der Waals surface area contributed by atoms with E-state index in [-0.39, 0.29) is 17.6 Å². The molecule has 0 fully saturated rings. The Kier molecular flexibility index (Phi) is 4.94. The number of benzene rings is 1. The molecule has 6 heteroatoms. The molecule has 2 aromatic rings. The van der Waals surface area contributed by atoms with Gasteiger partial charge in [-0.15, -0.1) is 0 Å². The lowest BCUT2D eigenvalue weighted by Gasteiger charge is -2.10. The fourth-order valence-corrected chi connectivity index (χ4v) is 2.23. The number of nitrogens with zero attached hydrogens (tertiary/aromatic N) is 2. The van der Waals surface area contributed by atoms with E-state index in [1.165, 1.54) is 16.3 Å². The predicted molar refractivity (Wildman–Crippen MR) is 72.9 cm³/mol. The molecule has 4 N–H and O–H groups in total. The van der Waals surface area contributed by atoms with Crippen LogP contribution in [0.4, 0.5) is 0 Å². The van der Waals surface area contributed by atoms with Crippen molar-refractivity contribution in [2.24, 2.45) is 0 Å². The maximum Gasteiger partial charge on any atom is 0.262 e. The first kappa shape index (κ1) is 14.3. The van der Waals surface area contributed by atoms with Gasteiger partial charge in [-0.3, -0.25) is 9.36 Å². The Hall–Kier alpha value is -1.79. The Morgan fingerprint density at radius 1 is 1.33 bits per heavy atom. The molecular weight excluding hydrogens is 250 g/mol. The van der Waals surface area contributed by atoms with Gasteiger partial charge in [0.1, 0.15) is 0 Å². The van der Waals surface area contributed by atoms with Gasteiger partial charge in [-0.2, -0.15) is 4.98 Å². The van der Waals surface area contributed by atoms with E-state index in [9.17, 15) is 9.90 Å². The number of rotatable bonds is 3. The summed E-state index contributed by atoms with van der Waals surface area (Å²) < 4.78 is 1.49. The van der Waals surface area contributed by atoms with Crippen molar-refractivity contribution in [2.75, 3.05) is 5.75 Å². The number of aromatic nitrogens is 2. The molecule has 5 nitrogen and oxygen atoms in total. The fraction of sp³-hybridized carbons (Fsp3) is 0.167. The third-order valence-corrected chi connectivity index (χ3v) is 2.98. The van der Waals surface area contributed by atoms with Gasteiger partial charge in [0.2, 0.25) is 5.88 Å². The molecule has 0 aliphatic heterocycles. The van der Waals surface area contributed by atoms with Gasteiger partial charge >= 0.3 is 0 Å². The molecule has 0 aliphatic carbocycles. The van der Waals surface area contributed by atoms with E-state index in [0.29, 0.717) is 5.16 Å². The number of hydrogen-bond acceptors (Lipinski definition) is 5. The normalized spacial score (nSPS) is 9.83. The van der Waals surface area contributed by atoms with Crippen LogP contribution in [-0.2, 0) is 0 Å². The van der Waals surface area contributed by atoms with E-state index in [4.69, 9.17) is 0 Å². The van der Waals surface area contributed by atoms with Crippen molar-refractivity contribution in [3.8, 4) is 11.6 Å². The van der Waals surface area contributed by atoms with Crippen molar-refractivity contribution in [3.63, 3.8) is 0 Å². The van der Waals surface area contributed by atoms with Crippen LogP contribution in [0.15, 0.2) is 46.3 Å². The Labute approximate surface area is 109 Å². The van der Waals surface area contributed by atoms with Gasteiger partial charge in [0, 0.05) is 0 Å². The van der Waals surface area contributed by atoms with Gasteiger partial charge in [0.15, 0.2) is 5.16 Å². The number of aromatic hydroxyl groups is 1. The first-order valence-corrected chi connectivity index (χ1v) is 6.22. The topological polar surface area (TPSA) is 90.1 Å². The molecule has 96 valence electrons. The van der Waals surface area contributed by atoms with Gasteiger partial charge in [0.25, 0.3) is 5.56 Å². The Balaban J connectivity index is 0.00000162. The summed E-state index contributed by atoms with van der Waals surface area (Å²) in [4.78, 5) is 15.9. The second-order valence-electron chi connectivity index (χ2n) is 3.34. The smallest absolute Gasteiger partial charge is 0.262 e. The minimum atomic E-state index is -0.278. The van der Waals surface area contributed by atoms with Crippen LogP contribution in [0.1, 0.15) is 6.92 Å². The zero-order valence-electron chi connectivity index (χ0n) is 10.0. The third kappa shape index (κ3) is 2.91. The number of para-hydroxylation sites is 1. The predicted octanol–water partition coefficient (Wildman–Crippen LogP) is 2.21. The summed E-state index contributed by atoms with van der Waals surface area (Å²) in [6.45, 7) is 1.97. The molecule has 0 atom stereocenters. The summed E-state index contributed by atoms with van der Waals surface area (Å²) in [5.41, 5.74) is 0.473. The lowest BCUT2D eigenvalue weighted by Crippen LogP contribution is -2.20. The van der Waals surface area contributed by atoms with Crippen LogP contribution in [0.3, 0.4) is 0 Å². The molecule has 1 aromatic carbocycles. The van der Waals surface area contributed by atoms with Crippen LogP contribution < -0.4 is 11.7 Å². The lowest BCUT2D eigenvalue weighted by molar-refractivity contribution is 0.441. The van der Waals surface area contributed by atoms with E-state index in [1.54, 1.807) is 0 Å². The van der Waals surface area contributed by atoms with E-state index in [2.05, 4.69) is 4.98 Å². The highest BCUT2D eigenvalue weighted by Crippen LogP contribution is 2.19. The third-order valence-electron chi connectivity index (χ3n) is 2.16. The highest BCUT2D eigenvalue weighted by Gasteiger charge is 2.09. The number of thioether (sulfide) groups is 1. The molecule has 0 unspecified atom stereocenters. The average molecular weight is 265 g/mol. The van der Waals surface area contributed by atoms with E-state index in [0.717, 1.165) is 17.5 Å². The zero-order valence-corrected chi connectivity index (χ0v) is 10.9. The zero-order chi connectivity index (χ0) is 12.3. The molecule has 0 spiro atoms. The Morgan fingerprint density at radius 3 is 2.61 bits per heavy atom. The van der Waals surface area contributed by atoms with Crippen molar-refractivity contribution < 1.29 is 5.11 Å². The molecule has 0 saturated carbocycles. The molecule has 0 aliphatic rings. The SMILES string of the molecule is CCSc1nc(O)cc(=O)n1-c1ccccc1.N. The van der Waals surface area contributed by atoms with Crippen molar-refractivity contribution >= 4 is 11.8 Å². The van der Waals surface area contributed by atoms with Crippen LogP contribution in [0.5, 0.6) is 5.88 Å². The molecule has 18 heavy (non-hydrogen) atoms. The van der Waals surface area contributed by atoms with Crippen LogP contribution in [0.2, 0.25) is 0 Å². The van der Waals surface area contributed by atoms with Gasteiger partial charge in [-0.1, -0.05) is 36.9 Å². The van der Waals surface area contributed by atoms with Crippen molar-refractivity contribution in [2.45, 2.75) is 12.1 Å². The highest BCUT2D eigenvalue weighted by atomic mass is 32.2. The Morgan fingerprint density at radius 2 is 2.00 bits per heavy atom. The molecular formula is C12H15N3O2S. The highest BCUT2D eigenvalue weighted by molar-refractivity contribution is 7.99. The molecule has 0 amide bonds. The van der Waals surface area contributed by atoms with Gasteiger partial charge in [-0.25, -0.2) is 0 Å². The monoisotopic (exact) mass is 265 g/mol. The first-order chi connectivity index (χ1) is 8.22. The summed E-state index contributed by atoms with van der Waals surface area (Å²) in [6.07, 6.45) is 0. The summed E-state index contributed by atoms with van der Waals surface area (Å²) in [6, 6.07) is 10.4. The van der Waals surface area contributed by atoms with Gasteiger partial charge < -0.3 is 11.3 Å². The molecule has 0 bridgehead atoms. The largest absolute Gasteiger partial charge is 0.493 e. The first-order valence-electron chi connectivity index (χ1n) is 5.23. The lowest BCUT2D eigenvalue weighted by atomic mass is 10.3. The number of hydrogen-bond donors (Lipinski definition) is 2. The quantitative estimate of drug-likeness (QED) is 0.656. The van der Waals surface area contributed by atoms with Crippen LogP contribution in [-0.4, -0.2) is 20.4 Å². The van der Waals surface area contributed by atoms with E-state index >= 15 is 0 Å². The molecule has 1 heterocycles. The minimum Gasteiger partial charge on any atom is -0.493 e. The van der Waals surface area contributed by atoms with Gasteiger partial charge in [-0.05, 0) is 17.9 Å². The second kappa shape index (κ2) is 6.23. The van der Waals surface area contributed by atoms with Crippen molar-refractivity contribution in [1.29, 1.82) is 0 Å². The second-order valence-corrected chi connectivity index (χ2v) is 4.57. The van der Waals surface area contributed by atoms with Crippen LogP contribution in [0, 0.1) is 0 Å². The average Bonchev–Trinajstić information content (AvgIpc) is 2.30. The molecule has 1 aromatic heterocycles. The summed E-state index contributed by atoms with van der Waals surface area (Å²) in [5, 5.41) is 9.86. The van der Waals surface area contributed by atoms with Crippen LogP contribution in [0.25, 0.3) is 5.69 Å². The molecule has 2 rings (SSSR count). The fourth-order valence-electron chi connectivity index (χ4n) is 1.49. The van der Waals surface area contributed by atoms with E-state index in [1.807, 2.05) is 37.3 Å². The standard InChI is InChI=1S/C12H12N2O2S.H3N/c1-2-17-12-13-10(15)8-11(16)14(12)9-6-4-3-5-7-9;/h3-8,15H,2H2,1H3;1H3. The summed E-state index contributed by atoms with van der Waals surface area (Å²) in [7, 11) is 0. The summed E-state index contributed by atoms with van der Waals surface area (Å²) in [5.74, 6) is 0.543. The maximum absolute atomic E-state index is 11.9. The molecule has 0 saturated heterocycles. The van der Waals surface area contributed by atoms with E-state index < -0.39 is 0 Å². The Bertz CT molecular complexity index is 569.